The summed E-state index contributed by atoms with van der Waals surface area (Å²) >= 11 is 3.31. The lowest BCUT2D eigenvalue weighted by Crippen LogP contribution is -2.22. The van der Waals surface area contributed by atoms with Crippen molar-refractivity contribution in [2.75, 3.05) is 6.54 Å². The number of hydrogen-bond donors (Lipinski definition) is 1. The lowest BCUT2D eigenvalue weighted by Gasteiger charge is -2.17. The molecule has 1 aromatic heterocycles. The fourth-order valence-corrected chi connectivity index (χ4v) is 2.43. The third kappa shape index (κ3) is 3.67. The van der Waals surface area contributed by atoms with Crippen LogP contribution in [0.2, 0.25) is 0 Å². The number of furan rings is 1. The van der Waals surface area contributed by atoms with E-state index in [9.17, 15) is 4.39 Å². The van der Waals surface area contributed by atoms with Gasteiger partial charge in [0, 0.05) is 0 Å². The van der Waals surface area contributed by atoms with Gasteiger partial charge in [-0.2, -0.15) is 0 Å². The van der Waals surface area contributed by atoms with Crippen LogP contribution in [0.15, 0.2) is 39.4 Å². The molecule has 1 N–H and O–H groups in total. The van der Waals surface area contributed by atoms with Crippen molar-refractivity contribution < 1.29 is 8.81 Å². The van der Waals surface area contributed by atoms with Crippen LogP contribution in [0.3, 0.4) is 0 Å². The van der Waals surface area contributed by atoms with E-state index in [0.29, 0.717) is 11.1 Å². The molecular formula is C15H17BrFNO. The first-order chi connectivity index (χ1) is 9.10. The van der Waals surface area contributed by atoms with Crippen molar-refractivity contribution >= 4 is 15.9 Å². The van der Waals surface area contributed by atoms with E-state index >= 15 is 0 Å². The zero-order chi connectivity index (χ0) is 13.8. The highest BCUT2D eigenvalue weighted by molar-refractivity contribution is 9.10. The first kappa shape index (κ1) is 14.3. The van der Waals surface area contributed by atoms with Gasteiger partial charge in [-0.25, -0.2) is 4.39 Å². The number of nitrogens with one attached hydrogen (secondary N) is 1. The Hall–Kier alpha value is -1.13. The molecule has 0 spiro atoms. The molecule has 1 unspecified atom stereocenters. The molecule has 1 atom stereocenters. The van der Waals surface area contributed by atoms with Gasteiger partial charge in [0.1, 0.15) is 11.6 Å². The first-order valence-corrected chi connectivity index (χ1v) is 7.13. The molecule has 0 saturated carbocycles. The van der Waals surface area contributed by atoms with Gasteiger partial charge in [0.25, 0.3) is 0 Å². The molecule has 0 radical (unpaired) electrons. The van der Waals surface area contributed by atoms with E-state index in [1.165, 1.54) is 6.07 Å². The molecule has 1 aromatic carbocycles. The first-order valence-electron chi connectivity index (χ1n) is 6.33. The molecule has 1 heterocycles. The second-order valence-electron chi connectivity index (χ2n) is 4.53. The average molecular weight is 326 g/mol. The van der Waals surface area contributed by atoms with Crippen molar-refractivity contribution in [3.8, 4) is 0 Å². The zero-order valence-corrected chi connectivity index (χ0v) is 12.6. The summed E-state index contributed by atoms with van der Waals surface area (Å²) in [5.74, 6) is 0.661. The predicted molar refractivity (Wildman–Crippen MR) is 77.7 cm³/mol. The molecule has 2 rings (SSSR count). The summed E-state index contributed by atoms with van der Waals surface area (Å²) in [5, 5.41) is 3.37. The maximum atomic E-state index is 13.3. The zero-order valence-electron chi connectivity index (χ0n) is 11.0. The summed E-state index contributed by atoms with van der Waals surface area (Å²) in [6, 6.07) is 8.76. The van der Waals surface area contributed by atoms with Gasteiger partial charge in [0.05, 0.1) is 6.04 Å². The van der Waals surface area contributed by atoms with Crippen molar-refractivity contribution in [1.82, 2.24) is 5.32 Å². The Bertz CT molecular complexity index is 553. The Kier molecular flexibility index (Phi) is 4.77. The van der Waals surface area contributed by atoms with E-state index < -0.39 is 0 Å². The van der Waals surface area contributed by atoms with Crippen molar-refractivity contribution in [2.24, 2.45) is 0 Å². The van der Waals surface area contributed by atoms with Crippen LogP contribution in [0.5, 0.6) is 0 Å². The number of halogens is 2. The van der Waals surface area contributed by atoms with Gasteiger partial charge in [-0.3, -0.25) is 0 Å². The molecule has 0 aliphatic carbocycles. The summed E-state index contributed by atoms with van der Waals surface area (Å²) in [5.41, 5.74) is 2.09. The van der Waals surface area contributed by atoms with Crippen LogP contribution in [0.25, 0.3) is 0 Å². The highest BCUT2D eigenvalue weighted by Crippen LogP contribution is 2.25. The van der Waals surface area contributed by atoms with E-state index in [-0.39, 0.29) is 11.9 Å². The Morgan fingerprint density at radius 1 is 1.32 bits per heavy atom. The van der Waals surface area contributed by atoms with Gasteiger partial charge in [0.15, 0.2) is 4.67 Å². The molecule has 0 saturated heterocycles. The monoisotopic (exact) mass is 325 g/mol. The number of benzene rings is 1. The lowest BCUT2D eigenvalue weighted by molar-refractivity contribution is 0.404. The largest absolute Gasteiger partial charge is 0.453 e. The third-order valence-corrected chi connectivity index (χ3v) is 3.55. The molecule has 19 heavy (non-hydrogen) atoms. The van der Waals surface area contributed by atoms with Crippen molar-refractivity contribution in [1.29, 1.82) is 0 Å². The summed E-state index contributed by atoms with van der Waals surface area (Å²) in [4.78, 5) is 0. The topological polar surface area (TPSA) is 25.2 Å². The van der Waals surface area contributed by atoms with E-state index in [0.717, 1.165) is 23.4 Å². The summed E-state index contributed by atoms with van der Waals surface area (Å²) in [7, 11) is 0. The quantitative estimate of drug-likeness (QED) is 0.882. The average Bonchev–Trinajstić information content (AvgIpc) is 2.80. The normalized spacial score (nSPS) is 12.6. The maximum absolute atomic E-state index is 13.3. The standard InChI is InChI=1S/C15H17BrFNO/c1-3-18-13(14-6-7-15(16)19-14)9-11-8-12(17)5-4-10(11)2/h4-8,13,18H,3,9H2,1-2H3. The second-order valence-corrected chi connectivity index (χ2v) is 5.31. The molecule has 2 aromatic rings. The summed E-state index contributed by atoms with van der Waals surface area (Å²) in [6.45, 7) is 4.87. The molecule has 102 valence electrons. The highest BCUT2D eigenvalue weighted by Gasteiger charge is 2.16. The van der Waals surface area contributed by atoms with Crippen molar-refractivity contribution in [2.45, 2.75) is 26.3 Å². The second kappa shape index (κ2) is 6.35. The Morgan fingerprint density at radius 3 is 2.74 bits per heavy atom. The highest BCUT2D eigenvalue weighted by atomic mass is 79.9. The fraction of sp³-hybridized carbons (Fsp3) is 0.333. The summed E-state index contributed by atoms with van der Waals surface area (Å²) < 4.78 is 19.6. The minimum Gasteiger partial charge on any atom is -0.453 e. The number of hydrogen-bond acceptors (Lipinski definition) is 2. The van der Waals surface area contributed by atoms with Gasteiger partial charge in [-0.15, -0.1) is 0 Å². The number of likely N-dealkylation sites (N-methyl/N-ethyl adjacent to an activating group) is 1. The van der Waals surface area contributed by atoms with Crippen LogP contribution in [0, 0.1) is 12.7 Å². The van der Waals surface area contributed by atoms with Gasteiger partial charge < -0.3 is 9.73 Å². The van der Waals surface area contributed by atoms with E-state index in [1.54, 1.807) is 6.07 Å². The Labute approximate surface area is 121 Å². The van der Waals surface area contributed by atoms with Crippen molar-refractivity contribution in [3.05, 3.63) is 57.7 Å². The maximum Gasteiger partial charge on any atom is 0.169 e. The van der Waals surface area contributed by atoms with Gasteiger partial charge in [-0.1, -0.05) is 13.0 Å². The molecule has 0 bridgehead atoms. The SMILES string of the molecule is CCNC(Cc1cc(F)ccc1C)c1ccc(Br)o1. The van der Waals surface area contributed by atoms with Crippen molar-refractivity contribution in [3.63, 3.8) is 0 Å². The smallest absolute Gasteiger partial charge is 0.169 e. The minimum atomic E-state index is -0.198. The lowest BCUT2D eigenvalue weighted by atomic mass is 9.99. The Balaban J connectivity index is 2.23. The molecule has 2 nitrogen and oxygen atoms in total. The van der Waals surface area contributed by atoms with E-state index in [2.05, 4.69) is 21.2 Å². The molecule has 0 amide bonds. The molecule has 0 aliphatic heterocycles. The van der Waals surface area contributed by atoms with Crippen LogP contribution in [0.1, 0.15) is 29.9 Å². The third-order valence-electron chi connectivity index (χ3n) is 3.12. The minimum absolute atomic E-state index is 0.0526. The van der Waals surface area contributed by atoms with E-state index in [1.807, 2.05) is 32.0 Å². The number of aryl methyl sites for hydroxylation is 1. The Morgan fingerprint density at radius 2 is 2.11 bits per heavy atom. The van der Waals surface area contributed by atoms with Crippen LogP contribution in [0.4, 0.5) is 4.39 Å². The van der Waals surface area contributed by atoms with Gasteiger partial charge >= 0.3 is 0 Å². The molecule has 4 heteroatoms. The van der Waals surface area contributed by atoms with Crippen LogP contribution >= 0.6 is 15.9 Å². The molecule has 0 fully saturated rings. The van der Waals surface area contributed by atoms with E-state index in [4.69, 9.17) is 4.42 Å². The fourth-order valence-electron chi connectivity index (χ4n) is 2.12. The summed E-state index contributed by atoms with van der Waals surface area (Å²) in [6.07, 6.45) is 0.706. The van der Waals surface area contributed by atoms with Crippen LogP contribution in [-0.2, 0) is 6.42 Å². The molecular weight excluding hydrogens is 309 g/mol. The molecule has 0 aliphatic rings. The van der Waals surface area contributed by atoms with Gasteiger partial charge in [-0.05, 0) is 71.2 Å². The predicted octanol–water partition coefficient (Wildman–Crippen LogP) is 4.38. The van der Waals surface area contributed by atoms with Crippen LogP contribution in [-0.4, -0.2) is 6.54 Å². The number of rotatable bonds is 5. The van der Waals surface area contributed by atoms with Gasteiger partial charge in [0.2, 0.25) is 0 Å². The van der Waals surface area contributed by atoms with Crippen LogP contribution < -0.4 is 5.32 Å².